The van der Waals surface area contributed by atoms with Crippen molar-refractivity contribution < 1.29 is 14.2 Å². The van der Waals surface area contributed by atoms with Gasteiger partial charge in [-0.1, -0.05) is 71.4 Å². The molecule has 0 spiro atoms. The summed E-state index contributed by atoms with van der Waals surface area (Å²) in [6.07, 6.45) is 4.23. The number of unbranched alkanes of at least 4 members (excludes halogenated alkanes) is 3. The summed E-state index contributed by atoms with van der Waals surface area (Å²) in [6.45, 7) is 3.33. The molecular formula is C22H26Cl4O3. The molecule has 0 amide bonds. The lowest BCUT2D eigenvalue weighted by molar-refractivity contribution is 0.0391. The van der Waals surface area contributed by atoms with E-state index in [2.05, 4.69) is 0 Å². The fourth-order valence-corrected chi connectivity index (χ4v) is 3.68. The van der Waals surface area contributed by atoms with Crippen LogP contribution < -0.4 is 0 Å². The lowest BCUT2D eigenvalue weighted by atomic mass is 10.2. The number of halogens is 4. The van der Waals surface area contributed by atoms with E-state index >= 15 is 0 Å². The van der Waals surface area contributed by atoms with Gasteiger partial charge >= 0.3 is 0 Å². The van der Waals surface area contributed by atoms with Crippen molar-refractivity contribution in [3.8, 4) is 0 Å². The monoisotopic (exact) mass is 478 g/mol. The predicted octanol–water partition coefficient (Wildman–Crippen LogP) is 7.61. The number of rotatable bonds is 14. The summed E-state index contributed by atoms with van der Waals surface area (Å²) in [5, 5.41) is 2.54. The Kier molecular flexibility index (Phi) is 12.4. The Balaban J connectivity index is 1.40. The van der Waals surface area contributed by atoms with Crippen LogP contribution in [0.5, 0.6) is 0 Å². The van der Waals surface area contributed by atoms with Crippen molar-refractivity contribution in [2.75, 3.05) is 26.4 Å². The van der Waals surface area contributed by atoms with Crippen LogP contribution in [0.1, 0.15) is 36.8 Å². The van der Waals surface area contributed by atoms with Crippen LogP contribution in [-0.4, -0.2) is 26.4 Å². The Bertz CT molecular complexity index is 638. The first kappa shape index (κ1) is 24.7. The Morgan fingerprint density at radius 1 is 0.483 bits per heavy atom. The minimum absolute atomic E-state index is 0.390. The molecule has 0 heterocycles. The normalized spacial score (nSPS) is 11.2. The second kappa shape index (κ2) is 14.5. The molecule has 0 atom stereocenters. The molecule has 0 radical (unpaired) electrons. The van der Waals surface area contributed by atoms with Gasteiger partial charge in [-0.3, -0.25) is 0 Å². The predicted molar refractivity (Wildman–Crippen MR) is 122 cm³/mol. The van der Waals surface area contributed by atoms with Gasteiger partial charge in [0, 0.05) is 44.4 Å². The highest BCUT2D eigenvalue weighted by Gasteiger charge is 2.06. The summed E-state index contributed by atoms with van der Waals surface area (Å²) in [4.78, 5) is 0. The van der Waals surface area contributed by atoms with E-state index in [1.165, 1.54) is 0 Å². The second-order valence-electron chi connectivity index (χ2n) is 6.53. The van der Waals surface area contributed by atoms with Crippen LogP contribution in [0, 0.1) is 0 Å². The van der Waals surface area contributed by atoms with Gasteiger partial charge in [-0.15, -0.1) is 0 Å². The molecule has 2 rings (SSSR count). The number of hydrogen-bond acceptors (Lipinski definition) is 3. The van der Waals surface area contributed by atoms with Gasteiger partial charge in [0.15, 0.2) is 0 Å². The number of ether oxygens (including phenoxy) is 3. The SMILES string of the molecule is Clc1cccc(Cl)c1COCCCCCCOCCOCc1c(Cl)cccc1Cl. The highest BCUT2D eigenvalue weighted by molar-refractivity contribution is 6.36. The van der Waals surface area contributed by atoms with Crippen molar-refractivity contribution in [1.82, 2.24) is 0 Å². The van der Waals surface area contributed by atoms with Gasteiger partial charge in [0.05, 0.1) is 26.4 Å². The van der Waals surface area contributed by atoms with Crippen LogP contribution in [0.4, 0.5) is 0 Å². The summed E-state index contributed by atoms with van der Waals surface area (Å²) >= 11 is 24.4. The van der Waals surface area contributed by atoms with Crippen LogP contribution >= 0.6 is 46.4 Å². The van der Waals surface area contributed by atoms with Gasteiger partial charge in [-0.2, -0.15) is 0 Å². The molecule has 0 N–H and O–H groups in total. The largest absolute Gasteiger partial charge is 0.379 e. The van der Waals surface area contributed by atoms with E-state index < -0.39 is 0 Å². The maximum absolute atomic E-state index is 6.12. The molecule has 0 aromatic heterocycles. The van der Waals surface area contributed by atoms with Crippen LogP contribution in [0.3, 0.4) is 0 Å². The molecular weight excluding hydrogens is 454 g/mol. The molecule has 0 aliphatic rings. The van der Waals surface area contributed by atoms with E-state index in [9.17, 15) is 0 Å². The zero-order valence-electron chi connectivity index (χ0n) is 16.3. The van der Waals surface area contributed by atoms with Gasteiger partial charge < -0.3 is 14.2 Å². The lowest BCUT2D eigenvalue weighted by Crippen LogP contribution is -2.06. The number of hydrogen-bond donors (Lipinski definition) is 0. The Labute approximate surface area is 193 Å². The lowest BCUT2D eigenvalue weighted by Gasteiger charge is -2.09. The van der Waals surface area contributed by atoms with Crippen LogP contribution in [-0.2, 0) is 27.4 Å². The van der Waals surface area contributed by atoms with E-state index in [0.717, 1.165) is 43.4 Å². The standard InChI is InChI=1S/C22H26Cl4O3/c23-19-7-5-8-20(24)17(19)15-28-12-4-2-1-3-11-27-13-14-29-16-18-21(25)9-6-10-22(18)26/h5-10H,1-4,11-16H2. The van der Waals surface area contributed by atoms with Crippen molar-refractivity contribution in [3.63, 3.8) is 0 Å². The molecule has 2 aromatic carbocycles. The zero-order chi connectivity index (χ0) is 20.9. The fraction of sp³-hybridized carbons (Fsp3) is 0.455. The maximum Gasteiger partial charge on any atom is 0.0747 e. The average Bonchev–Trinajstić information content (AvgIpc) is 2.69. The van der Waals surface area contributed by atoms with E-state index in [0.29, 0.717) is 53.1 Å². The summed E-state index contributed by atoms with van der Waals surface area (Å²) in [5.74, 6) is 0. The van der Waals surface area contributed by atoms with Crippen molar-refractivity contribution in [2.24, 2.45) is 0 Å². The van der Waals surface area contributed by atoms with E-state index in [-0.39, 0.29) is 0 Å². The quantitative estimate of drug-likeness (QED) is 0.261. The molecule has 29 heavy (non-hydrogen) atoms. The third kappa shape index (κ3) is 9.44. The first-order chi connectivity index (χ1) is 14.1. The van der Waals surface area contributed by atoms with Crippen molar-refractivity contribution in [3.05, 3.63) is 67.6 Å². The first-order valence-corrected chi connectivity index (χ1v) is 11.2. The van der Waals surface area contributed by atoms with Crippen LogP contribution in [0.2, 0.25) is 20.1 Å². The van der Waals surface area contributed by atoms with Crippen LogP contribution in [0.25, 0.3) is 0 Å². The Morgan fingerprint density at radius 3 is 1.34 bits per heavy atom. The van der Waals surface area contributed by atoms with Crippen molar-refractivity contribution in [2.45, 2.75) is 38.9 Å². The molecule has 0 aliphatic carbocycles. The minimum atomic E-state index is 0.390. The summed E-state index contributed by atoms with van der Waals surface area (Å²) in [6, 6.07) is 10.9. The summed E-state index contributed by atoms with van der Waals surface area (Å²) < 4.78 is 16.8. The van der Waals surface area contributed by atoms with Crippen molar-refractivity contribution in [1.29, 1.82) is 0 Å². The number of benzene rings is 2. The second-order valence-corrected chi connectivity index (χ2v) is 8.16. The Morgan fingerprint density at radius 2 is 0.862 bits per heavy atom. The molecule has 0 bridgehead atoms. The van der Waals surface area contributed by atoms with E-state index in [1.807, 2.05) is 24.3 Å². The summed E-state index contributed by atoms with van der Waals surface area (Å²) in [7, 11) is 0. The molecule has 0 fully saturated rings. The minimum Gasteiger partial charge on any atom is -0.379 e. The molecule has 7 heteroatoms. The molecule has 0 unspecified atom stereocenters. The van der Waals surface area contributed by atoms with E-state index in [4.69, 9.17) is 60.6 Å². The molecule has 2 aromatic rings. The zero-order valence-corrected chi connectivity index (χ0v) is 19.3. The smallest absolute Gasteiger partial charge is 0.0747 e. The highest BCUT2D eigenvalue weighted by Crippen LogP contribution is 2.25. The van der Waals surface area contributed by atoms with Crippen molar-refractivity contribution >= 4 is 46.4 Å². The molecule has 0 aliphatic heterocycles. The molecule has 3 nitrogen and oxygen atoms in total. The van der Waals surface area contributed by atoms with Gasteiger partial charge in [0.2, 0.25) is 0 Å². The van der Waals surface area contributed by atoms with Gasteiger partial charge in [-0.05, 0) is 37.1 Å². The molecule has 160 valence electrons. The third-order valence-electron chi connectivity index (χ3n) is 4.32. The van der Waals surface area contributed by atoms with Gasteiger partial charge in [0.25, 0.3) is 0 Å². The highest BCUT2D eigenvalue weighted by atomic mass is 35.5. The Hall–Kier alpha value is -0.520. The maximum atomic E-state index is 6.12. The van der Waals surface area contributed by atoms with Gasteiger partial charge in [0.1, 0.15) is 0 Å². The van der Waals surface area contributed by atoms with E-state index in [1.54, 1.807) is 12.1 Å². The van der Waals surface area contributed by atoms with Gasteiger partial charge in [-0.25, -0.2) is 0 Å². The first-order valence-electron chi connectivity index (χ1n) is 9.68. The van der Waals surface area contributed by atoms with Crippen LogP contribution in [0.15, 0.2) is 36.4 Å². The fourth-order valence-electron chi connectivity index (χ4n) is 2.67. The third-order valence-corrected chi connectivity index (χ3v) is 5.73. The summed E-state index contributed by atoms with van der Waals surface area (Å²) in [5.41, 5.74) is 1.66. The topological polar surface area (TPSA) is 27.7 Å². The molecule has 0 saturated carbocycles. The molecule has 0 saturated heterocycles. The average molecular weight is 480 g/mol.